The minimum Gasteiger partial charge on any atom is -0.444 e. The van der Waals surface area contributed by atoms with Crippen molar-refractivity contribution in [3.05, 3.63) is 23.3 Å². The Balaban J connectivity index is 1.96. The van der Waals surface area contributed by atoms with Crippen LogP contribution in [0.3, 0.4) is 0 Å². The molecule has 1 atom stereocenters. The molecule has 1 amide bonds. The fourth-order valence-electron chi connectivity index (χ4n) is 3.76. The van der Waals surface area contributed by atoms with E-state index in [0.29, 0.717) is 13.0 Å². The molecule has 0 aromatic carbocycles. The molecule has 2 aromatic rings. The van der Waals surface area contributed by atoms with E-state index in [1.807, 2.05) is 46.2 Å². The second-order valence-corrected chi connectivity index (χ2v) is 7.87. The maximum atomic E-state index is 12.3. The van der Waals surface area contributed by atoms with Gasteiger partial charge in [0.25, 0.3) is 0 Å². The zero-order chi connectivity index (χ0) is 18.6. The van der Waals surface area contributed by atoms with Crippen molar-refractivity contribution in [3.8, 4) is 0 Å². The van der Waals surface area contributed by atoms with Crippen LogP contribution in [-0.4, -0.2) is 49.3 Å². The number of likely N-dealkylation sites (tertiary alicyclic amines) is 1. The first-order valence-electron chi connectivity index (χ1n) is 8.51. The van der Waals surface area contributed by atoms with Gasteiger partial charge in [-0.25, -0.2) is 14.8 Å². The van der Waals surface area contributed by atoms with Crippen LogP contribution in [-0.2, 0) is 17.4 Å². The average molecular weight is 346 g/mol. The van der Waals surface area contributed by atoms with Gasteiger partial charge in [-0.2, -0.15) is 0 Å². The van der Waals surface area contributed by atoms with Gasteiger partial charge in [0.05, 0.1) is 17.9 Å². The van der Waals surface area contributed by atoms with Crippen molar-refractivity contribution < 1.29 is 14.6 Å². The van der Waals surface area contributed by atoms with Crippen molar-refractivity contribution in [3.63, 3.8) is 0 Å². The zero-order valence-electron chi connectivity index (χ0n) is 15.8. The third-order valence-electron chi connectivity index (χ3n) is 4.74. The van der Waals surface area contributed by atoms with Crippen LogP contribution in [0.1, 0.15) is 44.1 Å². The Morgan fingerprint density at radius 2 is 2.00 bits per heavy atom. The minimum absolute atomic E-state index is 0.208. The molecule has 7 nitrogen and oxygen atoms in total. The molecular formula is C18H26N4O3. The highest BCUT2D eigenvalue weighted by Crippen LogP contribution is 2.38. The molecule has 25 heavy (non-hydrogen) atoms. The fraction of sp³-hybridized carbons (Fsp3) is 0.611. The van der Waals surface area contributed by atoms with Crippen LogP contribution in [0.4, 0.5) is 4.79 Å². The van der Waals surface area contributed by atoms with Gasteiger partial charge in [0, 0.05) is 25.4 Å². The molecule has 0 spiro atoms. The maximum absolute atomic E-state index is 12.3. The smallest absolute Gasteiger partial charge is 0.410 e. The summed E-state index contributed by atoms with van der Waals surface area (Å²) in [5.74, 6) is 0. The number of rotatable bonds is 1. The van der Waals surface area contributed by atoms with Crippen LogP contribution in [0.25, 0.3) is 11.0 Å². The van der Waals surface area contributed by atoms with E-state index in [2.05, 4.69) is 9.97 Å². The molecule has 3 rings (SSSR count). The van der Waals surface area contributed by atoms with E-state index in [-0.39, 0.29) is 6.54 Å². The standard InChI is InChI=1S/C18H26N4O3/c1-11-13-12(2)19-10-20-15(13)21(6)14(11)18(24)7-8-22(9-18)16(23)25-17(3,4)5/h10,24H,7-9H2,1-6H3. The predicted molar refractivity (Wildman–Crippen MR) is 94.3 cm³/mol. The number of aliphatic hydroxyl groups is 1. The normalized spacial score (nSPS) is 21.2. The van der Waals surface area contributed by atoms with Gasteiger partial charge in [0.2, 0.25) is 0 Å². The van der Waals surface area contributed by atoms with Gasteiger partial charge in [0.15, 0.2) is 0 Å². The van der Waals surface area contributed by atoms with Crippen LogP contribution in [0.5, 0.6) is 0 Å². The summed E-state index contributed by atoms with van der Waals surface area (Å²) < 4.78 is 7.35. The van der Waals surface area contributed by atoms with Gasteiger partial charge in [-0.1, -0.05) is 0 Å². The molecule has 1 saturated heterocycles. The second kappa shape index (κ2) is 5.69. The lowest BCUT2D eigenvalue weighted by Crippen LogP contribution is -2.39. The molecule has 0 aliphatic carbocycles. The Kier molecular flexibility index (Phi) is 4.02. The van der Waals surface area contributed by atoms with Crippen molar-refractivity contribution in [2.75, 3.05) is 13.1 Å². The van der Waals surface area contributed by atoms with E-state index in [0.717, 1.165) is 28.0 Å². The molecule has 1 aliphatic heterocycles. The van der Waals surface area contributed by atoms with Crippen LogP contribution < -0.4 is 0 Å². The number of aromatic nitrogens is 3. The van der Waals surface area contributed by atoms with E-state index >= 15 is 0 Å². The quantitative estimate of drug-likeness (QED) is 0.858. The van der Waals surface area contributed by atoms with Crippen LogP contribution in [0.15, 0.2) is 6.33 Å². The van der Waals surface area contributed by atoms with Crippen molar-refractivity contribution in [1.29, 1.82) is 0 Å². The molecule has 2 aromatic heterocycles. The predicted octanol–water partition coefficient (Wildman–Crippen LogP) is 2.41. The second-order valence-electron chi connectivity index (χ2n) is 7.87. The number of nitrogens with zero attached hydrogens (tertiary/aromatic N) is 4. The number of amides is 1. The van der Waals surface area contributed by atoms with Crippen molar-refractivity contribution in [2.45, 2.75) is 52.2 Å². The van der Waals surface area contributed by atoms with Crippen molar-refractivity contribution >= 4 is 17.1 Å². The lowest BCUT2D eigenvalue weighted by Gasteiger charge is -2.27. The van der Waals surface area contributed by atoms with Gasteiger partial charge in [-0.3, -0.25) is 0 Å². The van der Waals surface area contributed by atoms with E-state index < -0.39 is 17.3 Å². The highest BCUT2D eigenvalue weighted by Gasteiger charge is 2.44. The van der Waals surface area contributed by atoms with Crippen LogP contribution >= 0.6 is 0 Å². The number of carbonyl (C=O) groups excluding carboxylic acids is 1. The van der Waals surface area contributed by atoms with Gasteiger partial charge in [0.1, 0.15) is 23.2 Å². The lowest BCUT2D eigenvalue weighted by molar-refractivity contribution is 0.0116. The molecule has 1 unspecified atom stereocenters. The molecule has 1 N–H and O–H groups in total. The molecule has 1 fully saturated rings. The number of aryl methyl sites for hydroxylation is 3. The highest BCUT2D eigenvalue weighted by atomic mass is 16.6. The molecule has 0 bridgehead atoms. The van der Waals surface area contributed by atoms with Crippen molar-refractivity contribution in [1.82, 2.24) is 19.4 Å². The molecule has 7 heteroatoms. The monoisotopic (exact) mass is 346 g/mol. The number of carbonyl (C=O) groups is 1. The van der Waals surface area contributed by atoms with E-state index in [4.69, 9.17) is 4.74 Å². The number of hydrogen-bond acceptors (Lipinski definition) is 5. The number of hydrogen-bond donors (Lipinski definition) is 1. The van der Waals surface area contributed by atoms with Crippen molar-refractivity contribution in [2.24, 2.45) is 7.05 Å². The summed E-state index contributed by atoms with van der Waals surface area (Å²) in [6.07, 6.45) is 1.60. The molecule has 0 radical (unpaired) electrons. The zero-order valence-corrected chi connectivity index (χ0v) is 15.8. The van der Waals surface area contributed by atoms with Crippen LogP contribution in [0, 0.1) is 13.8 Å². The Morgan fingerprint density at radius 1 is 1.32 bits per heavy atom. The SMILES string of the molecule is Cc1ncnc2c1c(C)c(C1(O)CCN(C(=O)OC(C)(C)C)C1)n2C. The van der Waals surface area contributed by atoms with E-state index in [1.165, 1.54) is 6.33 Å². The van der Waals surface area contributed by atoms with E-state index in [1.54, 1.807) is 4.90 Å². The summed E-state index contributed by atoms with van der Waals surface area (Å²) in [4.78, 5) is 22.5. The van der Waals surface area contributed by atoms with Gasteiger partial charge >= 0.3 is 6.09 Å². The largest absolute Gasteiger partial charge is 0.444 e. The number of β-amino-alcohol motifs (C(OH)–C–C–N with tert-alkyl or cyclic N) is 1. The summed E-state index contributed by atoms with van der Waals surface area (Å²) in [6, 6.07) is 0. The summed E-state index contributed by atoms with van der Waals surface area (Å²) in [5, 5.41) is 12.3. The first kappa shape index (κ1) is 17.7. The fourth-order valence-corrected chi connectivity index (χ4v) is 3.76. The summed E-state index contributed by atoms with van der Waals surface area (Å²) in [6.45, 7) is 10.1. The number of ether oxygens (including phenoxy) is 1. The Hall–Kier alpha value is -2.15. The minimum atomic E-state index is -1.12. The Morgan fingerprint density at radius 3 is 2.60 bits per heavy atom. The van der Waals surface area contributed by atoms with Gasteiger partial charge < -0.3 is 19.3 Å². The number of fused-ring (bicyclic) bond motifs is 1. The van der Waals surface area contributed by atoms with Crippen LogP contribution in [0.2, 0.25) is 0 Å². The summed E-state index contributed by atoms with van der Waals surface area (Å²) in [7, 11) is 1.89. The van der Waals surface area contributed by atoms with Gasteiger partial charge in [-0.05, 0) is 40.2 Å². The topological polar surface area (TPSA) is 80.5 Å². The molecule has 3 heterocycles. The highest BCUT2D eigenvalue weighted by molar-refractivity contribution is 5.84. The van der Waals surface area contributed by atoms with Gasteiger partial charge in [-0.15, -0.1) is 0 Å². The summed E-state index contributed by atoms with van der Waals surface area (Å²) in [5.41, 5.74) is 1.75. The third-order valence-corrected chi connectivity index (χ3v) is 4.74. The first-order valence-corrected chi connectivity index (χ1v) is 8.51. The Labute approximate surface area is 147 Å². The average Bonchev–Trinajstić information content (AvgIpc) is 2.99. The maximum Gasteiger partial charge on any atom is 0.410 e. The molecule has 136 valence electrons. The van der Waals surface area contributed by atoms with E-state index in [9.17, 15) is 9.90 Å². The third kappa shape index (κ3) is 2.97. The Bertz CT molecular complexity index is 837. The summed E-state index contributed by atoms with van der Waals surface area (Å²) >= 11 is 0. The lowest BCUT2D eigenvalue weighted by atomic mass is 9.95. The first-order chi connectivity index (χ1) is 11.5. The molecule has 1 aliphatic rings. The molecule has 0 saturated carbocycles. The molecular weight excluding hydrogens is 320 g/mol.